The van der Waals surface area contributed by atoms with Gasteiger partial charge < -0.3 is 20.0 Å². The summed E-state index contributed by atoms with van der Waals surface area (Å²) in [5.74, 6) is 0.575. The third-order valence-corrected chi connectivity index (χ3v) is 5.32. The van der Waals surface area contributed by atoms with Crippen LogP contribution in [-0.4, -0.2) is 24.9 Å². The number of hydrogen-bond donors (Lipinski definition) is 2. The molecule has 1 heterocycles. The lowest BCUT2D eigenvalue weighted by Crippen LogP contribution is -2.30. The van der Waals surface area contributed by atoms with Crippen molar-refractivity contribution in [3.8, 4) is 0 Å². The van der Waals surface area contributed by atoms with Gasteiger partial charge >= 0.3 is 0 Å². The molecule has 0 saturated heterocycles. The van der Waals surface area contributed by atoms with E-state index < -0.39 is 0 Å². The Hall–Kier alpha value is -3.54. The topological polar surface area (TPSA) is 74.6 Å². The molecule has 0 aliphatic heterocycles. The number of hydrogen-bond acceptors (Lipinski definition) is 4. The lowest BCUT2D eigenvalue weighted by Gasteiger charge is -2.26. The van der Waals surface area contributed by atoms with E-state index in [-0.39, 0.29) is 18.2 Å². The Bertz CT molecular complexity index is 1020. The number of nitrogens with one attached hydrogen (secondary N) is 2. The Morgan fingerprint density at radius 3 is 2.48 bits per heavy atom. The fourth-order valence-electron chi connectivity index (χ4n) is 3.62. The van der Waals surface area contributed by atoms with Crippen LogP contribution in [0.3, 0.4) is 0 Å². The van der Waals surface area contributed by atoms with Crippen LogP contribution in [0.25, 0.3) is 0 Å². The maximum absolute atomic E-state index is 13.1. The number of furan rings is 1. The van der Waals surface area contributed by atoms with Crippen LogP contribution in [0.15, 0.2) is 71.3 Å². The van der Waals surface area contributed by atoms with Gasteiger partial charge in [0.15, 0.2) is 0 Å². The maximum Gasteiger partial charge on any atom is 0.253 e. The van der Waals surface area contributed by atoms with Gasteiger partial charge in [-0.1, -0.05) is 50.6 Å². The van der Waals surface area contributed by atoms with Gasteiger partial charge in [0, 0.05) is 18.8 Å². The van der Waals surface area contributed by atoms with E-state index in [1.165, 1.54) is 0 Å². The van der Waals surface area contributed by atoms with Crippen molar-refractivity contribution in [2.45, 2.75) is 46.1 Å². The second kappa shape index (κ2) is 12.5. The monoisotopic (exact) mass is 447 g/mol. The largest absolute Gasteiger partial charge is 0.467 e. The molecule has 1 aromatic heterocycles. The highest BCUT2D eigenvalue weighted by Gasteiger charge is 2.19. The minimum Gasteiger partial charge on any atom is -0.467 e. The summed E-state index contributed by atoms with van der Waals surface area (Å²) in [5, 5.41) is 5.92. The molecule has 0 unspecified atom stereocenters. The molecular formula is C27H33N3O3. The summed E-state index contributed by atoms with van der Waals surface area (Å²) in [5.41, 5.74) is 2.92. The highest BCUT2D eigenvalue weighted by molar-refractivity contribution is 6.02. The Kier molecular flexibility index (Phi) is 9.12. The van der Waals surface area contributed by atoms with E-state index in [4.69, 9.17) is 4.42 Å². The van der Waals surface area contributed by atoms with Crippen LogP contribution < -0.4 is 15.5 Å². The first-order valence-corrected chi connectivity index (χ1v) is 11.6. The predicted molar refractivity (Wildman–Crippen MR) is 133 cm³/mol. The van der Waals surface area contributed by atoms with Crippen molar-refractivity contribution >= 4 is 23.2 Å². The van der Waals surface area contributed by atoms with Crippen molar-refractivity contribution in [2.75, 3.05) is 23.3 Å². The lowest BCUT2D eigenvalue weighted by atomic mass is 10.1. The van der Waals surface area contributed by atoms with Gasteiger partial charge in [-0.3, -0.25) is 9.59 Å². The number of unbranched alkanes of at least 4 members (excludes halogenated alkanes) is 1. The second-order valence-corrected chi connectivity index (χ2v) is 8.05. The van der Waals surface area contributed by atoms with E-state index in [0.29, 0.717) is 24.3 Å². The van der Waals surface area contributed by atoms with Crippen molar-refractivity contribution in [1.82, 2.24) is 5.32 Å². The van der Waals surface area contributed by atoms with Crippen LogP contribution >= 0.6 is 0 Å². The Balaban J connectivity index is 1.86. The van der Waals surface area contributed by atoms with Crippen molar-refractivity contribution in [1.29, 1.82) is 0 Å². The Morgan fingerprint density at radius 2 is 1.79 bits per heavy atom. The molecule has 2 aromatic carbocycles. The van der Waals surface area contributed by atoms with Crippen molar-refractivity contribution in [3.63, 3.8) is 0 Å². The van der Waals surface area contributed by atoms with Crippen molar-refractivity contribution in [2.24, 2.45) is 0 Å². The predicted octanol–water partition coefficient (Wildman–Crippen LogP) is 5.41. The smallest absolute Gasteiger partial charge is 0.253 e. The summed E-state index contributed by atoms with van der Waals surface area (Å²) in [6, 6.07) is 18.9. The second-order valence-electron chi connectivity index (χ2n) is 8.05. The van der Waals surface area contributed by atoms with E-state index in [1.54, 1.807) is 12.3 Å². The van der Waals surface area contributed by atoms with E-state index in [9.17, 15) is 9.59 Å². The van der Waals surface area contributed by atoms with Gasteiger partial charge in [0.2, 0.25) is 5.91 Å². The third-order valence-electron chi connectivity index (χ3n) is 5.32. The first-order chi connectivity index (χ1) is 16.1. The highest BCUT2D eigenvalue weighted by atomic mass is 16.3. The van der Waals surface area contributed by atoms with Gasteiger partial charge in [-0.05, 0) is 48.7 Å². The summed E-state index contributed by atoms with van der Waals surface area (Å²) in [6.45, 7) is 6.12. The molecule has 2 amide bonds. The average Bonchev–Trinajstić information content (AvgIpc) is 3.34. The number of carbonyl (C=O) groups excluding carboxylic acids is 2. The molecular weight excluding hydrogens is 414 g/mol. The quantitative estimate of drug-likeness (QED) is 0.389. The minimum atomic E-state index is -0.146. The summed E-state index contributed by atoms with van der Waals surface area (Å²) in [7, 11) is 0. The molecule has 6 nitrogen and oxygen atoms in total. The van der Waals surface area contributed by atoms with Crippen molar-refractivity contribution < 1.29 is 14.0 Å². The van der Waals surface area contributed by atoms with E-state index in [1.807, 2.05) is 61.5 Å². The fourth-order valence-corrected chi connectivity index (χ4v) is 3.62. The van der Waals surface area contributed by atoms with Gasteiger partial charge in [0.1, 0.15) is 5.76 Å². The molecule has 0 aliphatic carbocycles. The number of carbonyl (C=O) groups is 2. The van der Waals surface area contributed by atoms with Crippen LogP contribution in [0.2, 0.25) is 0 Å². The van der Waals surface area contributed by atoms with Crippen LogP contribution in [0.1, 0.15) is 54.8 Å². The zero-order valence-electron chi connectivity index (χ0n) is 19.5. The molecule has 6 heteroatoms. The molecule has 2 N–H and O–H groups in total. The Morgan fingerprint density at radius 1 is 0.970 bits per heavy atom. The van der Waals surface area contributed by atoms with Crippen LogP contribution in [0.5, 0.6) is 0 Å². The van der Waals surface area contributed by atoms with E-state index in [0.717, 1.165) is 42.8 Å². The van der Waals surface area contributed by atoms with Gasteiger partial charge in [0.05, 0.1) is 30.5 Å². The number of benzene rings is 2. The average molecular weight is 448 g/mol. The summed E-state index contributed by atoms with van der Waals surface area (Å²) in [4.78, 5) is 27.8. The number of nitrogens with zero attached hydrogens (tertiary/aromatic N) is 1. The van der Waals surface area contributed by atoms with E-state index in [2.05, 4.69) is 22.5 Å². The van der Waals surface area contributed by atoms with Gasteiger partial charge in [0.25, 0.3) is 5.91 Å². The molecule has 174 valence electrons. The summed E-state index contributed by atoms with van der Waals surface area (Å²) in [6.07, 6.45) is 4.82. The molecule has 0 saturated carbocycles. The summed E-state index contributed by atoms with van der Waals surface area (Å²) >= 11 is 0. The first-order valence-electron chi connectivity index (χ1n) is 11.6. The lowest BCUT2D eigenvalue weighted by molar-refractivity contribution is -0.115. The molecule has 0 bridgehead atoms. The van der Waals surface area contributed by atoms with Crippen LogP contribution in [-0.2, 0) is 17.8 Å². The first kappa shape index (κ1) is 24.1. The maximum atomic E-state index is 13.1. The third kappa shape index (κ3) is 7.24. The van der Waals surface area contributed by atoms with E-state index >= 15 is 0 Å². The zero-order valence-corrected chi connectivity index (χ0v) is 19.5. The van der Waals surface area contributed by atoms with Crippen LogP contribution in [0, 0.1) is 0 Å². The molecule has 0 fully saturated rings. The fraction of sp³-hybridized carbons (Fsp3) is 0.333. The molecule has 0 radical (unpaired) electrons. The minimum absolute atomic E-state index is 0.118. The van der Waals surface area contributed by atoms with Gasteiger partial charge in [-0.15, -0.1) is 0 Å². The normalized spacial score (nSPS) is 10.6. The van der Waals surface area contributed by atoms with Gasteiger partial charge in [-0.2, -0.15) is 0 Å². The molecule has 3 aromatic rings. The highest BCUT2D eigenvalue weighted by Crippen LogP contribution is 2.27. The molecule has 0 atom stereocenters. The number of rotatable bonds is 12. The molecule has 0 aliphatic rings. The number of amides is 2. The van der Waals surface area contributed by atoms with Crippen molar-refractivity contribution in [3.05, 3.63) is 83.8 Å². The van der Waals surface area contributed by atoms with Gasteiger partial charge in [-0.25, -0.2) is 0 Å². The molecule has 0 spiro atoms. The molecule has 3 rings (SSSR count). The van der Waals surface area contributed by atoms with Crippen LogP contribution in [0.4, 0.5) is 11.4 Å². The standard InChI is InChI=1S/C27H33N3O3/c1-3-5-16-30(20-23-12-9-17-33-23)25-14-13-22(19-24(25)27(32)28-15-4-2)29-26(31)18-21-10-7-6-8-11-21/h6-14,17,19H,3-5,15-16,18,20H2,1-2H3,(H,28,32)(H,29,31). The SMILES string of the molecule is CCCCN(Cc1ccco1)c1ccc(NC(=O)Cc2ccccc2)cc1C(=O)NCCC. The Labute approximate surface area is 196 Å². The number of anilines is 2. The molecule has 33 heavy (non-hydrogen) atoms. The zero-order chi connectivity index (χ0) is 23.5. The summed E-state index contributed by atoms with van der Waals surface area (Å²) < 4.78 is 5.56.